The number of nitriles is 1. The molecule has 0 radical (unpaired) electrons. The number of aryl methyl sites for hydroxylation is 1. The van der Waals surface area contributed by atoms with Crippen LogP contribution in [-0.4, -0.2) is 21.4 Å². The lowest BCUT2D eigenvalue weighted by Gasteiger charge is -2.11. The first-order chi connectivity index (χ1) is 14.8. The van der Waals surface area contributed by atoms with Crippen LogP contribution in [-0.2, 0) is 14.8 Å². The average Bonchev–Trinajstić information content (AvgIpc) is 2.77. The van der Waals surface area contributed by atoms with Crippen molar-refractivity contribution in [2.24, 2.45) is 0 Å². The molecule has 3 rings (SSSR count). The molecule has 7 heteroatoms. The van der Waals surface area contributed by atoms with Crippen molar-refractivity contribution in [3.05, 3.63) is 101 Å². The third-order valence-electron chi connectivity index (χ3n) is 4.57. The van der Waals surface area contributed by atoms with E-state index in [2.05, 4.69) is 4.72 Å². The summed E-state index contributed by atoms with van der Waals surface area (Å²) in [5, 5.41) is 9.03. The molecule has 0 saturated heterocycles. The molecule has 0 aromatic heterocycles. The number of amides is 1. The molecule has 1 amide bonds. The second kappa shape index (κ2) is 9.28. The maximum Gasteiger partial charge on any atom is 0.264 e. The van der Waals surface area contributed by atoms with Crippen molar-refractivity contribution < 1.29 is 17.9 Å². The number of ether oxygens (including phenoxy) is 1. The van der Waals surface area contributed by atoms with Crippen LogP contribution in [0.2, 0.25) is 0 Å². The predicted molar refractivity (Wildman–Crippen MR) is 118 cm³/mol. The van der Waals surface area contributed by atoms with Crippen LogP contribution in [0.15, 0.2) is 83.8 Å². The monoisotopic (exact) mass is 432 g/mol. The third-order valence-corrected chi connectivity index (χ3v) is 5.93. The summed E-state index contributed by atoms with van der Waals surface area (Å²) in [6, 6.07) is 22.0. The van der Waals surface area contributed by atoms with Gasteiger partial charge in [0, 0.05) is 6.08 Å². The molecule has 31 heavy (non-hydrogen) atoms. The molecule has 0 fully saturated rings. The Morgan fingerprint density at radius 1 is 0.935 bits per heavy atom. The van der Waals surface area contributed by atoms with Crippen LogP contribution in [0, 0.1) is 18.3 Å². The highest BCUT2D eigenvalue weighted by atomic mass is 32.2. The normalized spacial score (nSPS) is 11.5. The molecule has 0 saturated carbocycles. The number of carbonyl (C=O) groups is 1. The number of rotatable bonds is 6. The molecule has 6 nitrogen and oxygen atoms in total. The highest BCUT2D eigenvalue weighted by Gasteiger charge is 2.17. The van der Waals surface area contributed by atoms with E-state index in [0.717, 1.165) is 5.56 Å². The van der Waals surface area contributed by atoms with Crippen LogP contribution < -0.4 is 9.46 Å². The van der Waals surface area contributed by atoms with Crippen LogP contribution in [0.1, 0.15) is 22.3 Å². The van der Waals surface area contributed by atoms with E-state index in [4.69, 9.17) is 10.00 Å². The zero-order valence-corrected chi connectivity index (χ0v) is 17.8. The fraction of sp³-hybridized carbons (Fsp3) is 0.0833. The van der Waals surface area contributed by atoms with E-state index in [1.165, 1.54) is 18.2 Å². The van der Waals surface area contributed by atoms with Gasteiger partial charge in [-0.1, -0.05) is 42.0 Å². The lowest BCUT2D eigenvalue weighted by Crippen LogP contribution is -2.29. The van der Waals surface area contributed by atoms with Crippen LogP contribution >= 0.6 is 0 Å². The van der Waals surface area contributed by atoms with Crippen LogP contribution in [0.3, 0.4) is 0 Å². The van der Waals surface area contributed by atoms with E-state index in [-0.39, 0.29) is 4.90 Å². The number of hydrogen-bond donors (Lipinski definition) is 1. The molecule has 156 valence electrons. The van der Waals surface area contributed by atoms with E-state index >= 15 is 0 Å². The molecule has 0 bridgehead atoms. The highest BCUT2D eigenvalue weighted by molar-refractivity contribution is 7.90. The van der Waals surface area contributed by atoms with Gasteiger partial charge >= 0.3 is 0 Å². The number of nitrogens with one attached hydrogen (secondary N) is 1. The zero-order chi connectivity index (χ0) is 22.4. The van der Waals surface area contributed by atoms with Gasteiger partial charge in [-0.15, -0.1) is 0 Å². The number of benzene rings is 3. The molecule has 1 N–H and O–H groups in total. The van der Waals surface area contributed by atoms with Gasteiger partial charge in [0.15, 0.2) is 0 Å². The Morgan fingerprint density at radius 2 is 1.48 bits per heavy atom. The van der Waals surface area contributed by atoms with Gasteiger partial charge < -0.3 is 4.74 Å². The molecule has 0 heterocycles. The van der Waals surface area contributed by atoms with Gasteiger partial charge in [-0.05, 0) is 60.0 Å². The quantitative estimate of drug-likeness (QED) is 0.598. The van der Waals surface area contributed by atoms with E-state index in [1.807, 2.05) is 13.0 Å². The Hall–Kier alpha value is -3.89. The minimum Gasteiger partial charge on any atom is -0.497 e. The van der Waals surface area contributed by atoms with Crippen molar-refractivity contribution in [3.8, 4) is 11.8 Å². The summed E-state index contributed by atoms with van der Waals surface area (Å²) < 4.78 is 32.4. The predicted octanol–water partition coefficient (Wildman–Crippen LogP) is 3.81. The van der Waals surface area contributed by atoms with Gasteiger partial charge in [0.2, 0.25) is 0 Å². The van der Waals surface area contributed by atoms with Gasteiger partial charge in [-0.25, -0.2) is 13.1 Å². The van der Waals surface area contributed by atoms with E-state index in [0.29, 0.717) is 28.0 Å². The summed E-state index contributed by atoms with van der Waals surface area (Å²) in [6.07, 6.45) is 1.23. The van der Waals surface area contributed by atoms with Crippen molar-refractivity contribution in [2.45, 2.75) is 11.8 Å². The van der Waals surface area contributed by atoms with Crippen molar-refractivity contribution in [1.82, 2.24) is 4.72 Å². The maximum absolute atomic E-state index is 12.7. The van der Waals surface area contributed by atoms with Gasteiger partial charge in [0.25, 0.3) is 15.9 Å². The van der Waals surface area contributed by atoms with Crippen LogP contribution in [0.25, 0.3) is 5.57 Å². The van der Waals surface area contributed by atoms with Gasteiger partial charge in [-0.2, -0.15) is 5.26 Å². The molecule has 3 aromatic carbocycles. The summed E-state index contributed by atoms with van der Waals surface area (Å²) in [5.74, 6) is -0.134. The molecule has 0 aliphatic heterocycles. The summed E-state index contributed by atoms with van der Waals surface area (Å²) in [7, 11) is -2.46. The molecular weight excluding hydrogens is 412 g/mol. The molecule has 0 aliphatic rings. The van der Waals surface area contributed by atoms with Gasteiger partial charge in [0.1, 0.15) is 5.75 Å². The minimum atomic E-state index is -4.01. The third kappa shape index (κ3) is 5.38. The van der Waals surface area contributed by atoms with Crippen molar-refractivity contribution in [2.75, 3.05) is 7.11 Å². The number of sulfonamides is 1. The first kappa shape index (κ1) is 21.8. The largest absolute Gasteiger partial charge is 0.497 e. The minimum absolute atomic E-state index is 0.00391. The summed E-state index contributed by atoms with van der Waals surface area (Å²) in [4.78, 5) is 12.7. The van der Waals surface area contributed by atoms with Crippen LogP contribution in [0.5, 0.6) is 5.75 Å². The van der Waals surface area contributed by atoms with E-state index in [1.54, 1.807) is 67.8 Å². The van der Waals surface area contributed by atoms with Crippen molar-refractivity contribution >= 4 is 21.5 Å². The Balaban J connectivity index is 1.97. The lowest BCUT2D eigenvalue weighted by molar-refractivity contribution is -0.114. The van der Waals surface area contributed by atoms with E-state index < -0.39 is 15.9 Å². The van der Waals surface area contributed by atoms with Crippen LogP contribution in [0.4, 0.5) is 0 Å². The lowest BCUT2D eigenvalue weighted by atomic mass is 9.96. The number of methoxy groups -OCH3 is 1. The Labute approximate surface area is 181 Å². The Morgan fingerprint density at radius 3 is 2.00 bits per heavy atom. The Bertz CT molecular complexity index is 1250. The fourth-order valence-electron chi connectivity index (χ4n) is 2.90. The SMILES string of the molecule is COc1ccc(/C(=C\C(=O)NS(=O)(=O)c2ccc(C)cc2)c2ccc(C#N)cc2)cc1. The standard InChI is InChI=1S/C24H20N2O4S/c1-17-3-13-22(14-4-17)31(28,29)26-24(27)15-23(19-7-5-18(16-25)6-8-19)20-9-11-21(30-2)12-10-20/h3-15H,1-2H3,(H,26,27)/b23-15-. The molecular formula is C24H20N2O4S. The van der Waals surface area contributed by atoms with Crippen molar-refractivity contribution in [1.29, 1.82) is 5.26 Å². The molecule has 0 unspecified atom stereocenters. The Kier molecular flexibility index (Phi) is 6.53. The maximum atomic E-state index is 12.7. The zero-order valence-electron chi connectivity index (χ0n) is 17.0. The summed E-state index contributed by atoms with van der Waals surface area (Å²) in [5.41, 5.74) is 3.24. The highest BCUT2D eigenvalue weighted by Crippen LogP contribution is 2.26. The summed E-state index contributed by atoms with van der Waals surface area (Å²) in [6.45, 7) is 1.84. The first-order valence-electron chi connectivity index (χ1n) is 9.32. The van der Waals surface area contributed by atoms with Crippen molar-refractivity contribution in [3.63, 3.8) is 0 Å². The first-order valence-corrected chi connectivity index (χ1v) is 10.8. The second-order valence-electron chi connectivity index (χ2n) is 6.76. The topological polar surface area (TPSA) is 96.3 Å². The number of hydrogen-bond acceptors (Lipinski definition) is 5. The number of nitrogens with zero attached hydrogens (tertiary/aromatic N) is 1. The van der Waals surface area contributed by atoms with Gasteiger partial charge in [0.05, 0.1) is 23.6 Å². The molecule has 0 atom stereocenters. The molecule has 3 aromatic rings. The number of carbonyl (C=O) groups excluding carboxylic acids is 1. The average molecular weight is 433 g/mol. The summed E-state index contributed by atoms with van der Waals surface area (Å²) >= 11 is 0. The molecule has 0 spiro atoms. The second-order valence-corrected chi connectivity index (χ2v) is 8.44. The smallest absolute Gasteiger partial charge is 0.264 e. The van der Waals surface area contributed by atoms with Gasteiger partial charge in [-0.3, -0.25) is 4.79 Å². The van der Waals surface area contributed by atoms with E-state index in [9.17, 15) is 13.2 Å². The fourth-order valence-corrected chi connectivity index (χ4v) is 3.83. The molecule has 0 aliphatic carbocycles.